The van der Waals surface area contributed by atoms with Crippen LogP contribution in [0.25, 0.3) is 0 Å². The normalized spacial score (nSPS) is 8.45. The number of alkyl carbamates (subject to hydrolysis) is 1. The maximum absolute atomic E-state index is 10.4. The third-order valence-electron chi connectivity index (χ3n) is 2.57. The quantitative estimate of drug-likeness (QED) is 0.0611. The van der Waals surface area contributed by atoms with Crippen LogP contribution in [0.1, 0.15) is 52.4 Å². The number of hydrogen-bond acceptors (Lipinski definition) is 5. The summed E-state index contributed by atoms with van der Waals surface area (Å²) >= 11 is 8.57. The van der Waals surface area contributed by atoms with Crippen molar-refractivity contribution in [2.45, 2.75) is 52.4 Å². The van der Waals surface area contributed by atoms with Gasteiger partial charge in [0.1, 0.15) is 6.11 Å². The number of thiol groups is 1. The number of hydrogen-bond donors (Lipinski definition) is 2. The highest BCUT2D eigenvalue weighted by atomic mass is 127. The first-order valence-electron chi connectivity index (χ1n) is 9.89. The van der Waals surface area contributed by atoms with Crippen LogP contribution in [0.4, 0.5) is 4.79 Å². The highest BCUT2D eigenvalue weighted by Crippen LogP contribution is 1.89. The van der Waals surface area contributed by atoms with E-state index < -0.39 is 0 Å². The molecule has 5 nitrogen and oxygen atoms in total. The van der Waals surface area contributed by atoms with Crippen LogP contribution in [0.2, 0.25) is 0 Å². The van der Waals surface area contributed by atoms with Crippen LogP contribution in [-0.4, -0.2) is 54.2 Å². The predicted octanol–water partition coefficient (Wildman–Crippen LogP) is 6.29. The molecule has 29 heavy (non-hydrogen) atoms. The van der Waals surface area contributed by atoms with Gasteiger partial charge in [-0.3, -0.25) is 0 Å². The monoisotopic (exact) mass is 657 g/mol. The summed E-state index contributed by atoms with van der Waals surface area (Å²) in [5, 5.41) is 2.36. The molecule has 0 saturated carbocycles. The Hall–Kier alpha value is 0.140. The second-order valence-corrected chi connectivity index (χ2v) is 7.84. The molecule has 0 aromatic carbocycles. The number of terminal acetylenes is 1. The van der Waals surface area contributed by atoms with E-state index in [2.05, 4.69) is 99.1 Å². The lowest BCUT2D eigenvalue weighted by Gasteiger charge is -1.99. The van der Waals surface area contributed by atoms with E-state index in [1.54, 1.807) is 13.1 Å². The molecule has 8 heteroatoms. The molecular formula is C21H41I2NO4S. The van der Waals surface area contributed by atoms with Crippen molar-refractivity contribution in [3.63, 3.8) is 0 Å². The van der Waals surface area contributed by atoms with Crippen molar-refractivity contribution < 1.29 is 19.0 Å². The van der Waals surface area contributed by atoms with Gasteiger partial charge in [-0.2, -0.15) is 12.6 Å². The molecule has 0 unspecified atom stereocenters. The van der Waals surface area contributed by atoms with Crippen LogP contribution in [0, 0.1) is 12.5 Å². The third-order valence-corrected chi connectivity index (χ3v) is 4.41. The molecule has 1 amide bonds. The highest BCUT2D eigenvalue weighted by Gasteiger charge is 1.93. The van der Waals surface area contributed by atoms with Crippen LogP contribution >= 0.6 is 57.8 Å². The molecule has 0 saturated heterocycles. The van der Waals surface area contributed by atoms with E-state index >= 15 is 0 Å². The molecule has 0 spiro atoms. The van der Waals surface area contributed by atoms with Crippen molar-refractivity contribution in [2.24, 2.45) is 0 Å². The van der Waals surface area contributed by atoms with Crippen LogP contribution < -0.4 is 5.32 Å². The summed E-state index contributed by atoms with van der Waals surface area (Å²) in [6, 6.07) is 0. The minimum absolute atomic E-state index is 0.347. The lowest BCUT2D eigenvalue weighted by Crippen LogP contribution is -2.19. The Morgan fingerprint density at radius 1 is 1.10 bits per heavy atom. The molecule has 0 bridgehead atoms. The van der Waals surface area contributed by atoms with E-state index in [1.165, 1.54) is 17.3 Å². The zero-order valence-corrected chi connectivity index (χ0v) is 23.6. The fourth-order valence-corrected chi connectivity index (χ4v) is 1.99. The van der Waals surface area contributed by atoms with Crippen molar-refractivity contribution >= 4 is 63.9 Å². The SMILES string of the molecule is C#COCCCC.C=CCOCCCI.CCCCS.CNC(=O)OCCCI. The Kier molecular flexibility index (Phi) is 53.2. The van der Waals surface area contributed by atoms with Gasteiger partial charge >= 0.3 is 6.09 Å². The summed E-state index contributed by atoms with van der Waals surface area (Å²) in [7, 11) is 1.55. The summed E-state index contributed by atoms with van der Waals surface area (Å²) < 4.78 is 16.6. The van der Waals surface area contributed by atoms with Crippen LogP contribution in [0.3, 0.4) is 0 Å². The standard InChI is InChI=1S/C6H11IO.C6H10O.C5H10INO2.C4H10S/c1-2-5-8-6-3-4-7;1-3-5-6-7-4-2;1-7-5(8)9-4-2-3-6;1-2-3-4-5/h2H,1,3-6H2;2H,3,5-6H2,1H3;2-4H2,1H3,(H,7,8);5H,2-4H2,1H3. The summed E-state index contributed by atoms with van der Waals surface area (Å²) in [5.41, 5.74) is 0. The van der Waals surface area contributed by atoms with Crippen LogP contribution in [0.15, 0.2) is 12.7 Å². The number of alkyl halides is 2. The lowest BCUT2D eigenvalue weighted by molar-refractivity contribution is 0.149. The minimum atomic E-state index is -0.347. The maximum atomic E-state index is 10.4. The first-order valence-corrected chi connectivity index (χ1v) is 13.6. The summed E-state index contributed by atoms with van der Waals surface area (Å²) in [6.45, 7) is 10.6. The fourth-order valence-electron chi connectivity index (χ4n) is 1.05. The Morgan fingerprint density at radius 2 is 1.69 bits per heavy atom. The van der Waals surface area contributed by atoms with Gasteiger partial charge in [-0.25, -0.2) is 4.79 Å². The number of ether oxygens (including phenoxy) is 3. The predicted molar refractivity (Wildman–Crippen MR) is 147 cm³/mol. The Labute approximate surface area is 212 Å². The Bertz CT molecular complexity index is 341. The number of rotatable bonds is 13. The topological polar surface area (TPSA) is 56.8 Å². The van der Waals surface area contributed by atoms with Gasteiger partial charge in [0.25, 0.3) is 0 Å². The average molecular weight is 657 g/mol. The summed E-state index contributed by atoms with van der Waals surface area (Å²) in [6.07, 6.45) is 15.1. The van der Waals surface area contributed by atoms with Crippen molar-refractivity contribution in [3.8, 4) is 12.5 Å². The third kappa shape index (κ3) is 58.4. The Balaban J connectivity index is -0.000000147. The van der Waals surface area contributed by atoms with Gasteiger partial charge in [-0.1, -0.05) is 84.4 Å². The number of amides is 1. The molecule has 0 aromatic rings. The van der Waals surface area contributed by atoms with E-state index in [0.29, 0.717) is 19.8 Å². The van der Waals surface area contributed by atoms with Gasteiger partial charge in [0, 0.05) is 22.5 Å². The molecule has 0 rings (SSSR count). The van der Waals surface area contributed by atoms with Crippen molar-refractivity contribution in [3.05, 3.63) is 12.7 Å². The first kappa shape index (κ1) is 36.5. The fraction of sp³-hybridized carbons (Fsp3) is 0.762. The number of carbonyl (C=O) groups is 1. The van der Waals surface area contributed by atoms with Gasteiger partial charge in [0.15, 0.2) is 0 Å². The molecule has 0 radical (unpaired) electrons. The molecule has 0 aliphatic rings. The molecule has 0 fully saturated rings. The molecule has 174 valence electrons. The number of unbranched alkanes of at least 4 members (excludes halogenated alkanes) is 2. The molecule has 0 aliphatic heterocycles. The van der Waals surface area contributed by atoms with Crippen molar-refractivity contribution in [2.75, 3.05) is 48.1 Å². The van der Waals surface area contributed by atoms with E-state index in [0.717, 1.165) is 42.5 Å². The van der Waals surface area contributed by atoms with Crippen molar-refractivity contribution in [1.82, 2.24) is 5.32 Å². The smallest absolute Gasteiger partial charge is 0.406 e. The molecule has 0 aromatic heterocycles. The van der Waals surface area contributed by atoms with Gasteiger partial charge in [0.2, 0.25) is 0 Å². The highest BCUT2D eigenvalue weighted by molar-refractivity contribution is 14.1. The lowest BCUT2D eigenvalue weighted by atomic mass is 10.4. The molecule has 0 aliphatic carbocycles. The molecule has 0 atom stereocenters. The Morgan fingerprint density at radius 3 is 2.07 bits per heavy atom. The average Bonchev–Trinajstić information content (AvgIpc) is 2.74. The van der Waals surface area contributed by atoms with Gasteiger partial charge in [0.05, 0.1) is 19.8 Å². The van der Waals surface area contributed by atoms with Gasteiger partial charge in [-0.15, -0.1) is 6.58 Å². The maximum Gasteiger partial charge on any atom is 0.406 e. The zero-order chi connectivity index (χ0) is 23.0. The molecule has 1 N–H and O–H groups in total. The molecular weight excluding hydrogens is 616 g/mol. The molecule has 0 heterocycles. The van der Waals surface area contributed by atoms with E-state index in [-0.39, 0.29) is 6.09 Å². The zero-order valence-electron chi connectivity index (χ0n) is 18.4. The minimum Gasteiger partial charge on any atom is -0.450 e. The first-order chi connectivity index (χ1) is 14.1. The second kappa shape index (κ2) is 42.3. The van der Waals surface area contributed by atoms with E-state index in [9.17, 15) is 4.79 Å². The van der Waals surface area contributed by atoms with Crippen molar-refractivity contribution in [1.29, 1.82) is 0 Å². The second-order valence-electron chi connectivity index (χ2n) is 5.23. The van der Waals surface area contributed by atoms with Gasteiger partial charge in [-0.05, 0) is 31.4 Å². The van der Waals surface area contributed by atoms with Crippen LogP contribution in [-0.2, 0) is 14.2 Å². The number of nitrogens with one attached hydrogen (secondary N) is 1. The van der Waals surface area contributed by atoms with E-state index in [4.69, 9.17) is 11.2 Å². The van der Waals surface area contributed by atoms with E-state index in [1.807, 2.05) is 0 Å². The largest absolute Gasteiger partial charge is 0.450 e. The summed E-state index contributed by atoms with van der Waals surface area (Å²) in [5.74, 6) is 1.04. The number of carbonyl (C=O) groups excluding carboxylic acids is 1. The number of halogens is 2. The summed E-state index contributed by atoms with van der Waals surface area (Å²) in [4.78, 5) is 10.4. The van der Waals surface area contributed by atoms with Gasteiger partial charge < -0.3 is 19.5 Å². The van der Waals surface area contributed by atoms with Crippen LogP contribution in [0.5, 0.6) is 0 Å².